The van der Waals surface area contributed by atoms with Crippen molar-refractivity contribution < 1.29 is 24.2 Å². The molecule has 0 radical (unpaired) electrons. The van der Waals surface area contributed by atoms with Gasteiger partial charge in [-0.15, -0.1) is 0 Å². The van der Waals surface area contributed by atoms with Crippen LogP contribution in [0.4, 0.5) is 4.79 Å². The first-order chi connectivity index (χ1) is 16.9. The standard InChI is InChI=1S/C28H28N2O5/c1-18(16-26(31)29-15-14-19-8-2-3-9-20(19)27(32)33)30-28(34)35-17-25-23-12-6-4-10-21(23)22-11-5-7-13-24(22)25/h2-13,18,25H,14-17H2,1H3,(H,29,31)(H,30,34)(H,32,33)/t18-/m0/s1. The van der Waals surface area contributed by atoms with Crippen LogP contribution in [0.1, 0.15) is 46.3 Å². The molecule has 2 amide bonds. The van der Waals surface area contributed by atoms with Crippen LogP contribution in [0.3, 0.4) is 0 Å². The first-order valence-electron chi connectivity index (χ1n) is 11.6. The van der Waals surface area contributed by atoms with Gasteiger partial charge in [-0.25, -0.2) is 9.59 Å². The van der Waals surface area contributed by atoms with Crippen molar-refractivity contribution in [3.8, 4) is 11.1 Å². The van der Waals surface area contributed by atoms with Crippen LogP contribution in [-0.2, 0) is 16.0 Å². The van der Waals surface area contributed by atoms with Crippen LogP contribution in [0, 0.1) is 0 Å². The predicted molar refractivity (Wildman–Crippen MR) is 132 cm³/mol. The third-order valence-electron chi connectivity index (χ3n) is 6.16. The molecule has 180 valence electrons. The van der Waals surface area contributed by atoms with Gasteiger partial charge in [-0.1, -0.05) is 66.7 Å². The van der Waals surface area contributed by atoms with Gasteiger partial charge in [0.2, 0.25) is 5.91 Å². The molecule has 7 heteroatoms. The molecule has 1 aliphatic rings. The van der Waals surface area contributed by atoms with Gasteiger partial charge in [-0.3, -0.25) is 4.79 Å². The number of carbonyl (C=O) groups is 3. The molecular formula is C28H28N2O5. The quantitative estimate of drug-likeness (QED) is 0.429. The van der Waals surface area contributed by atoms with E-state index in [1.165, 1.54) is 0 Å². The van der Waals surface area contributed by atoms with E-state index in [-0.39, 0.29) is 30.4 Å². The van der Waals surface area contributed by atoms with Gasteiger partial charge in [0.05, 0.1) is 5.56 Å². The van der Waals surface area contributed by atoms with E-state index in [4.69, 9.17) is 4.74 Å². The van der Waals surface area contributed by atoms with Crippen molar-refractivity contribution in [1.82, 2.24) is 10.6 Å². The minimum Gasteiger partial charge on any atom is -0.478 e. The third kappa shape index (κ3) is 5.69. The van der Waals surface area contributed by atoms with Crippen molar-refractivity contribution >= 4 is 18.0 Å². The van der Waals surface area contributed by atoms with Crippen LogP contribution in [0.25, 0.3) is 11.1 Å². The summed E-state index contributed by atoms with van der Waals surface area (Å²) in [5, 5.41) is 14.7. The van der Waals surface area contributed by atoms with Gasteiger partial charge >= 0.3 is 12.1 Å². The van der Waals surface area contributed by atoms with E-state index in [0.717, 1.165) is 22.3 Å². The molecule has 1 aliphatic carbocycles. The van der Waals surface area contributed by atoms with Crippen molar-refractivity contribution in [2.45, 2.75) is 31.7 Å². The number of carboxylic acid groups (broad SMARTS) is 1. The van der Waals surface area contributed by atoms with E-state index in [1.807, 2.05) is 24.3 Å². The molecule has 0 unspecified atom stereocenters. The Morgan fingerprint density at radius 1 is 0.914 bits per heavy atom. The molecule has 4 rings (SSSR count). The molecule has 3 aromatic carbocycles. The minimum absolute atomic E-state index is 0.0274. The fourth-order valence-corrected chi connectivity index (χ4v) is 4.53. The van der Waals surface area contributed by atoms with Crippen LogP contribution in [0.15, 0.2) is 72.8 Å². The molecule has 0 heterocycles. The normalized spacial score (nSPS) is 12.8. The summed E-state index contributed by atoms with van der Waals surface area (Å²) in [5.41, 5.74) is 5.48. The van der Waals surface area contributed by atoms with Gasteiger partial charge in [0, 0.05) is 24.9 Å². The van der Waals surface area contributed by atoms with Crippen molar-refractivity contribution in [2.24, 2.45) is 0 Å². The number of hydrogen-bond acceptors (Lipinski definition) is 4. The van der Waals surface area contributed by atoms with Crippen LogP contribution >= 0.6 is 0 Å². The Kier molecular flexibility index (Phi) is 7.45. The van der Waals surface area contributed by atoms with E-state index in [1.54, 1.807) is 31.2 Å². The zero-order valence-corrected chi connectivity index (χ0v) is 19.5. The largest absolute Gasteiger partial charge is 0.478 e. The highest BCUT2D eigenvalue weighted by Gasteiger charge is 2.29. The van der Waals surface area contributed by atoms with Crippen LogP contribution in [0.5, 0.6) is 0 Å². The second kappa shape index (κ2) is 10.9. The molecule has 0 aromatic heterocycles. The SMILES string of the molecule is C[C@@H](CC(=O)NCCc1ccccc1C(=O)O)NC(=O)OCC1c2ccccc2-c2ccccc21. The fourth-order valence-electron chi connectivity index (χ4n) is 4.53. The van der Waals surface area contributed by atoms with Crippen LogP contribution in [-0.4, -0.2) is 42.3 Å². The summed E-state index contributed by atoms with van der Waals surface area (Å²) in [4.78, 5) is 35.9. The van der Waals surface area contributed by atoms with Gasteiger partial charge in [-0.2, -0.15) is 0 Å². The van der Waals surface area contributed by atoms with Gasteiger partial charge in [-0.05, 0) is 47.2 Å². The Morgan fingerprint density at radius 2 is 1.51 bits per heavy atom. The maximum Gasteiger partial charge on any atom is 0.407 e. The molecule has 7 nitrogen and oxygen atoms in total. The monoisotopic (exact) mass is 472 g/mol. The highest BCUT2D eigenvalue weighted by molar-refractivity contribution is 5.89. The van der Waals surface area contributed by atoms with Gasteiger partial charge in [0.1, 0.15) is 6.61 Å². The second-order valence-corrected chi connectivity index (χ2v) is 8.64. The first-order valence-corrected chi connectivity index (χ1v) is 11.6. The first kappa shape index (κ1) is 24.0. The molecule has 0 saturated heterocycles. The van der Waals surface area contributed by atoms with E-state index in [2.05, 4.69) is 34.9 Å². The van der Waals surface area contributed by atoms with Crippen molar-refractivity contribution in [3.05, 3.63) is 95.1 Å². The minimum atomic E-state index is -0.993. The smallest absolute Gasteiger partial charge is 0.407 e. The lowest BCUT2D eigenvalue weighted by Crippen LogP contribution is -2.38. The molecule has 0 saturated carbocycles. The topological polar surface area (TPSA) is 105 Å². The Morgan fingerprint density at radius 3 is 2.17 bits per heavy atom. The van der Waals surface area contributed by atoms with Crippen molar-refractivity contribution in [2.75, 3.05) is 13.2 Å². The Bertz CT molecular complexity index is 1190. The number of hydrogen-bond donors (Lipinski definition) is 3. The van der Waals surface area contributed by atoms with Crippen LogP contribution in [0.2, 0.25) is 0 Å². The lowest BCUT2D eigenvalue weighted by molar-refractivity contribution is -0.121. The number of carboxylic acids is 1. The molecule has 0 bridgehead atoms. The molecule has 0 spiro atoms. The molecular weight excluding hydrogens is 444 g/mol. The van der Waals surface area contributed by atoms with Crippen molar-refractivity contribution in [3.63, 3.8) is 0 Å². The summed E-state index contributed by atoms with van der Waals surface area (Å²) < 4.78 is 5.53. The number of aromatic carboxylic acids is 1. The predicted octanol–water partition coefficient (Wildman–Crippen LogP) is 4.36. The lowest BCUT2D eigenvalue weighted by Gasteiger charge is -2.17. The number of carbonyl (C=O) groups excluding carboxylic acids is 2. The zero-order valence-electron chi connectivity index (χ0n) is 19.5. The summed E-state index contributed by atoms with van der Waals surface area (Å²) >= 11 is 0. The maximum absolute atomic E-state index is 12.4. The summed E-state index contributed by atoms with van der Waals surface area (Å²) in [7, 11) is 0. The molecule has 35 heavy (non-hydrogen) atoms. The molecule has 1 atom stereocenters. The number of amides is 2. The van der Waals surface area contributed by atoms with E-state index in [9.17, 15) is 19.5 Å². The van der Waals surface area contributed by atoms with E-state index >= 15 is 0 Å². The summed E-state index contributed by atoms with van der Waals surface area (Å²) in [6, 6.07) is 22.5. The Balaban J connectivity index is 1.23. The van der Waals surface area contributed by atoms with Gasteiger partial charge in [0.25, 0.3) is 0 Å². The van der Waals surface area contributed by atoms with Gasteiger partial charge in [0.15, 0.2) is 0 Å². The number of fused-ring (bicyclic) bond motifs is 3. The molecule has 3 aromatic rings. The molecule has 3 N–H and O–H groups in total. The number of rotatable bonds is 9. The highest BCUT2D eigenvalue weighted by Crippen LogP contribution is 2.44. The van der Waals surface area contributed by atoms with Crippen molar-refractivity contribution in [1.29, 1.82) is 0 Å². The number of benzene rings is 3. The van der Waals surface area contributed by atoms with Gasteiger partial charge < -0.3 is 20.5 Å². The number of alkyl carbamates (subject to hydrolysis) is 1. The van der Waals surface area contributed by atoms with E-state index in [0.29, 0.717) is 18.5 Å². The summed E-state index contributed by atoms with van der Waals surface area (Å²) in [6.45, 7) is 2.25. The third-order valence-corrected chi connectivity index (χ3v) is 6.16. The van der Waals surface area contributed by atoms with Crippen LogP contribution < -0.4 is 10.6 Å². The Labute approximate surface area is 204 Å². The average Bonchev–Trinajstić information content (AvgIpc) is 3.16. The highest BCUT2D eigenvalue weighted by atomic mass is 16.5. The Hall–Kier alpha value is -4.13. The lowest BCUT2D eigenvalue weighted by atomic mass is 9.98. The maximum atomic E-state index is 12.4. The number of nitrogens with one attached hydrogen (secondary N) is 2. The second-order valence-electron chi connectivity index (χ2n) is 8.64. The summed E-state index contributed by atoms with van der Waals surface area (Å²) in [5.74, 6) is -1.25. The summed E-state index contributed by atoms with van der Waals surface area (Å²) in [6.07, 6.45) is -0.0739. The average molecular weight is 473 g/mol. The van der Waals surface area contributed by atoms with E-state index < -0.39 is 18.1 Å². The molecule has 0 fully saturated rings. The fraction of sp³-hybridized carbons (Fsp3) is 0.250. The number of ether oxygens (including phenoxy) is 1. The molecule has 0 aliphatic heterocycles. The zero-order chi connectivity index (χ0) is 24.8.